The van der Waals surface area contributed by atoms with Gasteiger partial charge in [0.05, 0.1) is 12.7 Å². The molecule has 1 atom stereocenters. The molecule has 0 radical (unpaired) electrons. The molecule has 6 nitrogen and oxygen atoms in total. The van der Waals surface area contributed by atoms with E-state index >= 15 is 0 Å². The first-order valence-corrected chi connectivity index (χ1v) is 10.7. The number of methoxy groups -OCH3 is 1. The number of anilines is 1. The van der Waals surface area contributed by atoms with E-state index in [9.17, 15) is 9.59 Å². The highest BCUT2D eigenvalue weighted by Gasteiger charge is 2.33. The first-order chi connectivity index (χ1) is 14.5. The maximum Gasteiger partial charge on any atom is 0.279 e. The second-order valence-corrected chi connectivity index (χ2v) is 8.23. The summed E-state index contributed by atoms with van der Waals surface area (Å²) in [6, 6.07) is 15.6. The Bertz CT molecular complexity index is 1170. The Morgan fingerprint density at radius 1 is 1.17 bits per heavy atom. The van der Waals surface area contributed by atoms with Crippen molar-refractivity contribution in [2.75, 3.05) is 12.4 Å². The van der Waals surface area contributed by atoms with Gasteiger partial charge in [-0.1, -0.05) is 54.2 Å². The summed E-state index contributed by atoms with van der Waals surface area (Å²) in [5.41, 5.74) is 3.38. The van der Waals surface area contributed by atoms with Crippen molar-refractivity contribution < 1.29 is 9.53 Å². The fourth-order valence-corrected chi connectivity index (χ4v) is 4.84. The molecule has 30 heavy (non-hydrogen) atoms. The molecule has 4 rings (SSSR count). The van der Waals surface area contributed by atoms with Crippen LogP contribution in [-0.4, -0.2) is 22.6 Å². The molecule has 2 heterocycles. The first-order valence-electron chi connectivity index (χ1n) is 9.70. The van der Waals surface area contributed by atoms with E-state index in [4.69, 9.17) is 4.74 Å². The number of ether oxygens (including phenoxy) is 1. The molecule has 1 unspecified atom stereocenters. The number of nitrogens with one attached hydrogen (secondary N) is 1. The lowest BCUT2D eigenvalue weighted by Gasteiger charge is -2.28. The fraction of sp³-hybridized carbons (Fsp3) is 0.261. The van der Waals surface area contributed by atoms with E-state index in [1.807, 2.05) is 43.4 Å². The third-order valence-corrected chi connectivity index (χ3v) is 6.51. The Morgan fingerprint density at radius 2 is 1.90 bits per heavy atom. The van der Waals surface area contributed by atoms with Gasteiger partial charge in [-0.3, -0.25) is 9.59 Å². The average molecular weight is 422 g/mol. The number of carbonyl (C=O) groups excluding carboxylic acids is 1. The van der Waals surface area contributed by atoms with Gasteiger partial charge in [-0.2, -0.15) is 4.98 Å². The zero-order chi connectivity index (χ0) is 21.3. The van der Waals surface area contributed by atoms with Crippen LogP contribution in [0.2, 0.25) is 0 Å². The Morgan fingerprint density at radius 3 is 2.67 bits per heavy atom. The van der Waals surface area contributed by atoms with Gasteiger partial charge in [-0.25, -0.2) is 0 Å². The Labute approximate surface area is 179 Å². The number of carbonyl (C=O) groups is 1. The van der Waals surface area contributed by atoms with E-state index < -0.39 is 5.92 Å². The van der Waals surface area contributed by atoms with Gasteiger partial charge in [0.2, 0.25) is 5.91 Å². The number of rotatable bonds is 5. The number of para-hydroxylation sites is 1. The normalized spacial score (nSPS) is 15.4. The van der Waals surface area contributed by atoms with Crippen LogP contribution in [0.25, 0.3) is 0 Å². The number of amides is 1. The molecule has 3 aromatic rings. The van der Waals surface area contributed by atoms with Crippen molar-refractivity contribution in [3.05, 3.63) is 81.1 Å². The maximum absolute atomic E-state index is 13.1. The summed E-state index contributed by atoms with van der Waals surface area (Å²) >= 11 is 1.48. The molecule has 7 heteroatoms. The van der Waals surface area contributed by atoms with Gasteiger partial charge in [-0.15, -0.1) is 0 Å². The number of hydrogen-bond acceptors (Lipinski definition) is 5. The molecule has 1 aliphatic heterocycles. The first kappa shape index (κ1) is 20.2. The molecular weight excluding hydrogens is 398 g/mol. The molecule has 0 fully saturated rings. The van der Waals surface area contributed by atoms with Crippen LogP contribution in [0.1, 0.15) is 34.6 Å². The standard InChI is InChI=1S/C23H23N3O3S/c1-14-8-4-5-9-15(14)13-30-23-25-22(28)20-17(12-19(27)24-21(20)26(23)2)16-10-6-7-11-18(16)29-3/h4-11,17H,12-13H2,1-3H3,(H,24,27). The molecule has 2 aromatic carbocycles. The van der Waals surface area contributed by atoms with Crippen molar-refractivity contribution in [1.29, 1.82) is 0 Å². The summed E-state index contributed by atoms with van der Waals surface area (Å²) in [6.45, 7) is 2.06. The van der Waals surface area contributed by atoms with Crippen LogP contribution in [0.3, 0.4) is 0 Å². The monoisotopic (exact) mass is 421 g/mol. The molecule has 1 aliphatic rings. The second kappa shape index (κ2) is 8.36. The van der Waals surface area contributed by atoms with Gasteiger partial charge in [0.1, 0.15) is 11.6 Å². The molecule has 1 amide bonds. The topological polar surface area (TPSA) is 73.2 Å². The summed E-state index contributed by atoms with van der Waals surface area (Å²) in [5, 5.41) is 3.46. The lowest BCUT2D eigenvalue weighted by atomic mass is 9.86. The number of nitrogens with zero attached hydrogens (tertiary/aromatic N) is 2. The third kappa shape index (κ3) is 3.73. The number of fused-ring (bicyclic) bond motifs is 1. The van der Waals surface area contributed by atoms with E-state index in [0.29, 0.717) is 28.0 Å². The Balaban J connectivity index is 1.75. The predicted octanol–water partition coefficient (Wildman–Crippen LogP) is 3.86. The number of benzene rings is 2. The fourth-order valence-electron chi connectivity index (χ4n) is 3.80. The molecule has 0 aliphatic carbocycles. The highest BCUT2D eigenvalue weighted by molar-refractivity contribution is 7.98. The summed E-state index contributed by atoms with van der Waals surface area (Å²) < 4.78 is 7.28. The van der Waals surface area contributed by atoms with Crippen molar-refractivity contribution >= 4 is 23.5 Å². The van der Waals surface area contributed by atoms with Crippen LogP contribution < -0.4 is 15.6 Å². The molecular formula is C23H23N3O3S. The average Bonchev–Trinajstić information content (AvgIpc) is 2.75. The minimum Gasteiger partial charge on any atom is -0.496 e. The van der Waals surface area contributed by atoms with Crippen LogP contribution in [0.4, 0.5) is 5.82 Å². The minimum absolute atomic E-state index is 0.130. The van der Waals surface area contributed by atoms with Crippen molar-refractivity contribution in [1.82, 2.24) is 9.55 Å². The lowest BCUT2D eigenvalue weighted by Crippen LogP contribution is -2.33. The summed E-state index contributed by atoms with van der Waals surface area (Å²) in [5.74, 6) is 1.33. The van der Waals surface area contributed by atoms with Crippen LogP contribution in [0.5, 0.6) is 5.75 Å². The zero-order valence-electron chi connectivity index (χ0n) is 17.1. The van der Waals surface area contributed by atoms with E-state index in [1.165, 1.54) is 22.9 Å². The number of hydrogen-bond donors (Lipinski definition) is 1. The third-order valence-electron chi connectivity index (χ3n) is 5.43. The predicted molar refractivity (Wildman–Crippen MR) is 118 cm³/mol. The quantitative estimate of drug-likeness (QED) is 0.500. The van der Waals surface area contributed by atoms with E-state index in [2.05, 4.69) is 29.4 Å². The highest BCUT2D eigenvalue weighted by atomic mass is 32.2. The van der Waals surface area contributed by atoms with Crippen LogP contribution in [0.15, 0.2) is 58.5 Å². The largest absolute Gasteiger partial charge is 0.496 e. The molecule has 154 valence electrons. The van der Waals surface area contributed by atoms with Gasteiger partial charge in [0.15, 0.2) is 5.16 Å². The van der Waals surface area contributed by atoms with Crippen molar-refractivity contribution in [2.45, 2.75) is 30.2 Å². The lowest BCUT2D eigenvalue weighted by molar-refractivity contribution is -0.116. The van der Waals surface area contributed by atoms with Crippen LogP contribution in [-0.2, 0) is 17.6 Å². The molecule has 1 N–H and O–H groups in total. The minimum atomic E-state index is -0.397. The Hall–Kier alpha value is -3.06. The molecule has 0 spiro atoms. The summed E-state index contributed by atoms with van der Waals surface area (Å²) in [6.07, 6.45) is 0.181. The van der Waals surface area contributed by atoms with Crippen molar-refractivity contribution in [2.24, 2.45) is 7.05 Å². The van der Waals surface area contributed by atoms with Gasteiger partial charge >= 0.3 is 0 Å². The molecule has 1 aromatic heterocycles. The van der Waals surface area contributed by atoms with Crippen LogP contribution in [0, 0.1) is 6.92 Å². The van der Waals surface area contributed by atoms with E-state index in [0.717, 1.165) is 5.56 Å². The van der Waals surface area contributed by atoms with E-state index in [1.54, 1.807) is 11.7 Å². The molecule has 0 saturated heterocycles. The smallest absolute Gasteiger partial charge is 0.279 e. The maximum atomic E-state index is 13.1. The van der Waals surface area contributed by atoms with Gasteiger partial charge < -0.3 is 14.6 Å². The highest BCUT2D eigenvalue weighted by Crippen LogP contribution is 2.39. The number of thioether (sulfide) groups is 1. The van der Waals surface area contributed by atoms with Gasteiger partial charge in [0.25, 0.3) is 5.56 Å². The van der Waals surface area contributed by atoms with Crippen molar-refractivity contribution in [3.63, 3.8) is 0 Å². The molecule has 0 bridgehead atoms. The summed E-state index contributed by atoms with van der Waals surface area (Å²) in [7, 11) is 3.42. The van der Waals surface area contributed by atoms with E-state index in [-0.39, 0.29) is 17.9 Å². The Kier molecular flexibility index (Phi) is 5.63. The SMILES string of the molecule is COc1ccccc1C1CC(=O)Nc2c1c(=O)nc(SCc1ccccc1C)n2C. The number of aryl methyl sites for hydroxylation is 1. The molecule has 0 saturated carbocycles. The second-order valence-electron chi connectivity index (χ2n) is 7.28. The van der Waals surface area contributed by atoms with Crippen molar-refractivity contribution in [3.8, 4) is 5.75 Å². The van der Waals surface area contributed by atoms with Gasteiger partial charge in [-0.05, 0) is 24.1 Å². The number of aromatic nitrogens is 2. The van der Waals surface area contributed by atoms with Gasteiger partial charge in [0, 0.05) is 30.7 Å². The summed E-state index contributed by atoms with van der Waals surface area (Å²) in [4.78, 5) is 30.0. The zero-order valence-corrected chi connectivity index (χ0v) is 18.0. The van der Waals surface area contributed by atoms with Crippen LogP contribution >= 0.6 is 11.8 Å².